The molecule has 1 rings (SSSR count). The highest BCUT2D eigenvalue weighted by Gasteiger charge is 2.14. The minimum atomic E-state index is -0.0325. The minimum Gasteiger partial charge on any atom is -0.467 e. The third-order valence-corrected chi connectivity index (χ3v) is 2.53. The second kappa shape index (κ2) is 7.46. The number of likely N-dealkylation sites (N-methyl/N-ethyl adjacent to an activating group) is 2. The first-order valence-electron chi connectivity index (χ1n) is 6.43. The average molecular weight is 282 g/mol. The van der Waals surface area contributed by atoms with Crippen LogP contribution in [0.3, 0.4) is 0 Å². The number of amides is 1. The van der Waals surface area contributed by atoms with Crippen LogP contribution in [-0.4, -0.2) is 67.1 Å². The molecular weight excluding hydrogens is 260 g/mol. The van der Waals surface area contributed by atoms with E-state index in [2.05, 4.69) is 20.3 Å². The minimum absolute atomic E-state index is 0.0325. The molecule has 8 nitrogen and oxygen atoms in total. The highest BCUT2D eigenvalue weighted by molar-refractivity contribution is 5.80. The molecule has 112 valence electrons. The van der Waals surface area contributed by atoms with E-state index in [9.17, 15) is 4.79 Å². The van der Waals surface area contributed by atoms with E-state index in [0.29, 0.717) is 11.9 Å². The van der Waals surface area contributed by atoms with Crippen LogP contribution in [0.25, 0.3) is 0 Å². The van der Waals surface area contributed by atoms with Crippen LogP contribution in [0.4, 0.5) is 11.9 Å². The number of nitrogens with zero attached hydrogens (tertiary/aromatic N) is 5. The van der Waals surface area contributed by atoms with Gasteiger partial charge in [0.2, 0.25) is 17.8 Å². The van der Waals surface area contributed by atoms with E-state index in [-0.39, 0.29) is 18.5 Å². The van der Waals surface area contributed by atoms with Gasteiger partial charge in [-0.05, 0) is 6.42 Å². The Morgan fingerprint density at radius 1 is 1.25 bits per heavy atom. The molecule has 0 atom stereocenters. The Balaban J connectivity index is 2.89. The van der Waals surface area contributed by atoms with Crippen LogP contribution in [0.2, 0.25) is 0 Å². The molecule has 1 aromatic rings. The number of ether oxygens (including phenoxy) is 1. The lowest BCUT2D eigenvalue weighted by molar-refractivity contribution is -0.127. The van der Waals surface area contributed by atoms with Gasteiger partial charge in [-0.25, -0.2) is 0 Å². The number of anilines is 2. The molecular formula is C12H22N6O2. The van der Waals surface area contributed by atoms with Crippen molar-refractivity contribution >= 4 is 17.8 Å². The maximum atomic E-state index is 11.7. The van der Waals surface area contributed by atoms with Gasteiger partial charge >= 0.3 is 6.01 Å². The largest absolute Gasteiger partial charge is 0.467 e. The van der Waals surface area contributed by atoms with E-state index in [1.54, 1.807) is 26.0 Å². The van der Waals surface area contributed by atoms with Gasteiger partial charge in [-0.1, -0.05) is 6.92 Å². The Labute approximate surface area is 119 Å². The molecule has 0 radical (unpaired) electrons. The van der Waals surface area contributed by atoms with Crippen molar-refractivity contribution in [1.82, 2.24) is 19.9 Å². The molecule has 8 heteroatoms. The molecule has 0 aliphatic carbocycles. The maximum Gasteiger partial charge on any atom is 0.322 e. The van der Waals surface area contributed by atoms with Gasteiger partial charge in [0.25, 0.3) is 0 Å². The van der Waals surface area contributed by atoms with Crippen LogP contribution in [0.15, 0.2) is 0 Å². The van der Waals surface area contributed by atoms with E-state index in [4.69, 9.17) is 4.74 Å². The van der Waals surface area contributed by atoms with E-state index < -0.39 is 0 Å². The van der Waals surface area contributed by atoms with Gasteiger partial charge in [0.1, 0.15) is 0 Å². The molecule has 0 saturated carbocycles. The van der Waals surface area contributed by atoms with Crippen LogP contribution >= 0.6 is 0 Å². The summed E-state index contributed by atoms with van der Waals surface area (Å²) in [6, 6.07) is 0.220. The smallest absolute Gasteiger partial charge is 0.322 e. The second-order valence-electron chi connectivity index (χ2n) is 4.52. The summed E-state index contributed by atoms with van der Waals surface area (Å²) in [4.78, 5) is 27.4. The molecule has 0 bridgehead atoms. The first-order valence-corrected chi connectivity index (χ1v) is 6.43. The lowest BCUT2D eigenvalue weighted by Crippen LogP contribution is -2.35. The van der Waals surface area contributed by atoms with Crippen molar-refractivity contribution in [2.75, 3.05) is 51.6 Å². The molecule has 0 fully saturated rings. The van der Waals surface area contributed by atoms with Gasteiger partial charge < -0.3 is 19.9 Å². The Hall–Kier alpha value is -2.12. The summed E-state index contributed by atoms with van der Waals surface area (Å²) in [6.07, 6.45) is 0.957. The number of aromatic nitrogens is 3. The molecule has 1 N–H and O–H groups in total. The van der Waals surface area contributed by atoms with Crippen LogP contribution < -0.4 is 15.0 Å². The summed E-state index contributed by atoms with van der Waals surface area (Å²) in [7, 11) is 6.66. The predicted octanol–water partition coefficient (Wildman–Crippen LogP) is 0.227. The molecule has 0 spiro atoms. The fourth-order valence-corrected chi connectivity index (χ4v) is 1.34. The lowest BCUT2D eigenvalue weighted by Gasteiger charge is -2.19. The summed E-state index contributed by atoms with van der Waals surface area (Å²) in [5, 5.41) is 3.08. The van der Waals surface area contributed by atoms with E-state index in [1.807, 2.05) is 6.92 Å². The number of carbonyl (C=O) groups excluding carboxylic acids is 1. The predicted molar refractivity (Wildman–Crippen MR) is 77.1 cm³/mol. The third-order valence-electron chi connectivity index (χ3n) is 2.53. The van der Waals surface area contributed by atoms with Crippen molar-refractivity contribution < 1.29 is 9.53 Å². The summed E-state index contributed by atoms with van der Waals surface area (Å²) in [5.41, 5.74) is 0. The highest BCUT2D eigenvalue weighted by atomic mass is 16.5. The quantitative estimate of drug-likeness (QED) is 0.766. The monoisotopic (exact) mass is 282 g/mol. The van der Waals surface area contributed by atoms with Crippen molar-refractivity contribution in [3.05, 3.63) is 0 Å². The molecule has 1 amide bonds. The van der Waals surface area contributed by atoms with E-state index >= 15 is 0 Å². The number of rotatable bonds is 7. The van der Waals surface area contributed by atoms with Gasteiger partial charge in [-0.3, -0.25) is 4.79 Å². The van der Waals surface area contributed by atoms with Crippen LogP contribution in [0.1, 0.15) is 13.3 Å². The van der Waals surface area contributed by atoms with Crippen molar-refractivity contribution in [2.24, 2.45) is 0 Å². The first-order chi connectivity index (χ1) is 9.47. The molecule has 0 saturated heterocycles. The maximum absolute atomic E-state index is 11.7. The van der Waals surface area contributed by atoms with Gasteiger partial charge in [-0.15, -0.1) is 0 Å². The van der Waals surface area contributed by atoms with Crippen molar-refractivity contribution in [1.29, 1.82) is 0 Å². The molecule has 20 heavy (non-hydrogen) atoms. The van der Waals surface area contributed by atoms with Crippen LogP contribution in [-0.2, 0) is 4.79 Å². The van der Waals surface area contributed by atoms with Crippen LogP contribution in [0, 0.1) is 0 Å². The highest BCUT2D eigenvalue weighted by Crippen LogP contribution is 2.13. The van der Waals surface area contributed by atoms with Crippen LogP contribution in [0.5, 0.6) is 6.01 Å². The number of hydrogen-bond acceptors (Lipinski definition) is 7. The Kier molecular flexibility index (Phi) is 5.95. The zero-order valence-electron chi connectivity index (χ0n) is 12.7. The molecule has 0 aliphatic heterocycles. The van der Waals surface area contributed by atoms with Crippen molar-refractivity contribution in [3.63, 3.8) is 0 Å². The molecule has 0 aliphatic rings. The number of carbonyl (C=O) groups is 1. The lowest BCUT2D eigenvalue weighted by atomic mass is 10.5. The molecule has 0 aromatic carbocycles. The summed E-state index contributed by atoms with van der Waals surface area (Å²) in [5.74, 6) is 0.804. The molecule has 1 aromatic heterocycles. The topological polar surface area (TPSA) is 83.5 Å². The summed E-state index contributed by atoms with van der Waals surface area (Å²) >= 11 is 0. The number of methoxy groups -OCH3 is 1. The fourth-order valence-electron chi connectivity index (χ4n) is 1.34. The second-order valence-corrected chi connectivity index (χ2v) is 4.52. The zero-order chi connectivity index (χ0) is 15.1. The number of nitrogens with one attached hydrogen (secondary N) is 1. The SMILES string of the molecule is CCCNc1nc(OC)nc(N(C)CC(=O)N(C)C)n1. The van der Waals surface area contributed by atoms with E-state index in [0.717, 1.165) is 13.0 Å². The van der Waals surface area contributed by atoms with Crippen molar-refractivity contribution in [2.45, 2.75) is 13.3 Å². The van der Waals surface area contributed by atoms with Gasteiger partial charge in [0, 0.05) is 27.7 Å². The number of hydrogen-bond donors (Lipinski definition) is 1. The molecule has 1 heterocycles. The Morgan fingerprint density at radius 2 is 1.95 bits per heavy atom. The Bertz CT molecular complexity index is 452. The van der Waals surface area contributed by atoms with Gasteiger partial charge in [0.05, 0.1) is 13.7 Å². The van der Waals surface area contributed by atoms with Crippen molar-refractivity contribution in [3.8, 4) is 6.01 Å². The normalized spacial score (nSPS) is 10.1. The molecule has 0 unspecified atom stereocenters. The standard InChI is InChI=1S/C12H22N6O2/c1-6-7-13-10-14-11(16-12(15-10)20-5)18(4)8-9(19)17(2)3/h6-8H2,1-5H3,(H,13,14,15,16). The average Bonchev–Trinajstić information content (AvgIpc) is 2.44. The van der Waals surface area contributed by atoms with Gasteiger partial charge in [-0.2, -0.15) is 15.0 Å². The zero-order valence-corrected chi connectivity index (χ0v) is 12.7. The van der Waals surface area contributed by atoms with Gasteiger partial charge in [0.15, 0.2) is 0 Å². The Morgan fingerprint density at radius 3 is 2.50 bits per heavy atom. The summed E-state index contributed by atoms with van der Waals surface area (Å²) < 4.78 is 5.05. The van der Waals surface area contributed by atoms with E-state index in [1.165, 1.54) is 12.0 Å². The third kappa shape index (κ3) is 4.52. The first kappa shape index (κ1) is 15.9. The fraction of sp³-hybridized carbons (Fsp3) is 0.667. The summed E-state index contributed by atoms with van der Waals surface area (Å²) in [6.45, 7) is 2.99.